The summed E-state index contributed by atoms with van der Waals surface area (Å²) in [5.74, 6) is 0.325. The van der Waals surface area contributed by atoms with Crippen LogP contribution in [0.25, 0.3) is 0 Å². The number of carbonyl (C=O) groups excluding carboxylic acids is 1. The highest BCUT2D eigenvalue weighted by molar-refractivity contribution is 7.90. The van der Waals surface area contributed by atoms with Crippen molar-refractivity contribution < 1.29 is 17.9 Å². The Labute approximate surface area is 180 Å². The Morgan fingerprint density at radius 3 is 2.27 bits per heavy atom. The van der Waals surface area contributed by atoms with E-state index in [9.17, 15) is 13.2 Å². The highest BCUT2D eigenvalue weighted by Gasteiger charge is 2.10. The molecule has 0 unspecified atom stereocenters. The summed E-state index contributed by atoms with van der Waals surface area (Å²) in [5.41, 5.74) is 2.57. The number of sulfonamides is 1. The van der Waals surface area contributed by atoms with Crippen LogP contribution in [0.15, 0.2) is 54.6 Å². The molecule has 2 N–H and O–H groups in total. The van der Waals surface area contributed by atoms with Gasteiger partial charge in [-0.05, 0) is 62.4 Å². The van der Waals surface area contributed by atoms with E-state index in [0.29, 0.717) is 13.2 Å². The summed E-state index contributed by atoms with van der Waals surface area (Å²) in [6.07, 6.45) is 4.02. The molecule has 0 spiro atoms. The van der Waals surface area contributed by atoms with Crippen molar-refractivity contribution in [3.8, 4) is 5.75 Å². The number of carbonyl (C=O) groups is 1. The van der Waals surface area contributed by atoms with E-state index in [1.807, 2.05) is 22.9 Å². The van der Waals surface area contributed by atoms with Gasteiger partial charge in [0.05, 0.1) is 12.4 Å². The van der Waals surface area contributed by atoms with Gasteiger partial charge in [0.15, 0.2) is 0 Å². The fourth-order valence-corrected chi connectivity index (χ4v) is 3.50. The summed E-state index contributed by atoms with van der Waals surface area (Å²) in [4.78, 5) is 11.5. The molecule has 7 heteroatoms. The van der Waals surface area contributed by atoms with E-state index in [0.717, 1.165) is 38.0 Å². The number of nitrogens with one attached hydrogen (secondary N) is 2. The third kappa shape index (κ3) is 9.89. The molecular weight excluding hydrogens is 400 g/mol. The molecule has 0 aliphatic heterocycles. The monoisotopic (exact) mass is 432 g/mol. The molecule has 1 amide bonds. The molecule has 2 rings (SSSR count). The first-order valence-corrected chi connectivity index (χ1v) is 12.1. The van der Waals surface area contributed by atoms with E-state index in [2.05, 4.69) is 41.7 Å². The van der Waals surface area contributed by atoms with Crippen LogP contribution in [0.1, 0.15) is 37.3 Å². The van der Waals surface area contributed by atoms with E-state index in [1.54, 1.807) is 0 Å². The lowest BCUT2D eigenvalue weighted by molar-refractivity contribution is -0.119. The summed E-state index contributed by atoms with van der Waals surface area (Å²) in [6.45, 7) is 3.43. The minimum Gasteiger partial charge on any atom is -0.494 e. The van der Waals surface area contributed by atoms with Gasteiger partial charge < -0.3 is 10.1 Å². The number of aryl methyl sites for hydroxylation is 2. The van der Waals surface area contributed by atoms with E-state index in [1.165, 1.54) is 18.1 Å². The predicted molar refractivity (Wildman–Crippen MR) is 120 cm³/mol. The van der Waals surface area contributed by atoms with Crippen LogP contribution in [0.5, 0.6) is 5.75 Å². The lowest BCUT2D eigenvalue weighted by Crippen LogP contribution is -2.33. The highest BCUT2D eigenvalue weighted by Crippen LogP contribution is 2.14. The molecular formula is C23H32N2O4S. The third-order valence-electron chi connectivity index (χ3n) is 4.64. The third-order valence-corrected chi connectivity index (χ3v) is 5.94. The standard InChI is InChI=1S/C23H32N2O4S/c1-2-30(27,28)25-23(26)16-18-24-17-6-10-21-12-14-22(15-13-21)29-19-7-11-20-8-4-3-5-9-20/h3-5,8-9,12-15,24H,2,6-7,10-11,16-19H2,1H3,(H,25,26). The zero-order chi connectivity index (χ0) is 21.7. The van der Waals surface area contributed by atoms with Crippen molar-refractivity contribution in [1.29, 1.82) is 0 Å². The van der Waals surface area contributed by atoms with Crippen molar-refractivity contribution >= 4 is 15.9 Å². The molecule has 0 saturated carbocycles. The molecule has 0 bridgehead atoms. The second-order valence-corrected chi connectivity index (χ2v) is 9.12. The first-order chi connectivity index (χ1) is 14.5. The van der Waals surface area contributed by atoms with E-state index < -0.39 is 15.9 Å². The molecule has 0 fully saturated rings. The van der Waals surface area contributed by atoms with Crippen molar-refractivity contribution in [3.05, 3.63) is 65.7 Å². The second-order valence-electron chi connectivity index (χ2n) is 7.11. The summed E-state index contributed by atoms with van der Waals surface area (Å²) in [5, 5.41) is 3.17. The number of ether oxygens (including phenoxy) is 1. The van der Waals surface area contributed by atoms with Crippen molar-refractivity contribution in [2.24, 2.45) is 0 Å². The first-order valence-electron chi connectivity index (χ1n) is 10.5. The molecule has 0 aromatic heterocycles. The number of benzene rings is 2. The molecule has 164 valence electrons. The molecule has 30 heavy (non-hydrogen) atoms. The fourth-order valence-electron chi connectivity index (χ4n) is 2.90. The van der Waals surface area contributed by atoms with Gasteiger partial charge in [-0.3, -0.25) is 9.52 Å². The highest BCUT2D eigenvalue weighted by atomic mass is 32.2. The van der Waals surface area contributed by atoms with Gasteiger partial charge in [0.25, 0.3) is 0 Å². The Balaban J connectivity index is 1.54. The van der Waals surface area contributed by atoms with Gasteiger partial charge in [0, 0.05) is 13.0 Å². The quantitative estimate of drug-likeness (QED) is 0.448. The van der Waals surface area contributed by atoms with Gasteiger partial charge in [-0.2, -0.15) is 0 Å². The summed E-state index contributed by atoms with van der Waals surface area (Å²) in [6, 6.07) is 18.6. The largest absolute Gasteiger partial charge is 0.494 e. The zero-order valence-corrected chi connectivity index (χ0v) is 18.4. The Hall–Kier alpha value is -2.38. The van der Waals surface area contributed by atoms with Crippen LogP contribution in [0.2, 0.25) is 0 Å². The van der Waals surface area contributed by atoms with Crippen LogP contribution in [0.3, 0.4) is 0 Å². The van der Waals surface area contributed by atoms with Gasteiger partial charge in [-0.15, -0.1) is 0 Å². The minimum absolute atomic E-state index is 0.0936. The topological polar surface area (TPSA) is 84.5 Å². The molecule has 2 aromatic rings. The van der Waals surface area contributed by atoms with Crippen molar-refractivity contribution in [2.75, 3.05) is 25.4 Å². The number of hydrogen-bond acceptors (Lipinski definition) is 5. The maximum atomic E-state index is 11.5. The molecule has 0 atom stereocenters. The van der Waals surface area contributed by atoms with Crippen LogP contribution >= 0.6 is 0 Å². The summed E-state index contributed by atoms with van der Waals surface area (Å²) < 4.78 is 30.4. The van der Waals surface area contributed by atoms with Gasteiger partial charge in [-0.1, -0.05) is 42.5 Å². The Morgan fingerprint density at radius 2 is 1.57 bits per heavy atom. The predicted octanol–water partition coefficient (Wildman–Crippen LogP) is 3.08. The zero-order valence-electron chi connectivity index (χ0n) is 17.6. The van der Waals surface area contributed by atoms with Crippen molar-refractivity contribution in [1.82, 2.24) is 10.0 Å². The second kappa shape index (κ2) is 13.0. The van der Waals surface area contributed by atoms with Crippen LogP contribution in [0, 0.1) is 0 Å². The van der Waals surface area contributed by atoms with Crippen molar-refractivity contribution in [2.45, 2.75) is 39.0 Å². The van der Waals surface area contributed by atoms with E-state index in [-0.39, 0.29) is 12.2 Å². The minimum atomic E-state index is -3.46. The molecule has 2 aromatic carbocycles. The number of hydrogen-bond donors (Lipinski definition) is 2. The normalized spacial score (nSPS) is 11.2. The smallest absolute Gasteiger partial charge is 0.234 e. The van der Waals surface area contributed by atoms with Gasteiger partial charge >= 0.3 is 0 Å². The average molecular weight is 433 g/mol. The first kappa shape index (κ1) is 23.9. The van der Waals surface area contributed by atoms with Gasteiger partial charge in [0.1, 0.15) is 5.75 Å². The van der Waals surface area contributed by atoms with E-state index in [4.69, 9.17) is 4.74 Å². The summed E-state index contributed by atoms with van der Waals surface area (Å²) in [7, 11) is -3.46. The van der Waals surface area contributed by atoms with Gasteiger partial charge in [0.2, 0.25) is 15.9 Å². The lowest BCUT2D eigenvalue weighted by atomic mass is 10.1. The Kier molecular flexibility index (Phi) is 10.4. The van der Waals surface area contributed by atoms with E-state index >= 15 is 0 Å². The van der Waals surface area contributed by atoms with Crippen molar-refractivity contribution in [3.63, 3.8) is 0 Å². The molecule has 0 aliphatic rings. The molecule has 6 nitrogen and oxygen atoms in total. The number of rotatable bonds is 14. The maximum Gasteiger partial charge on any atom is 0.234 e. The van der Waals surface area contributed by atoms with Crippen LogP contribution in [-0.2, 0) is 27.7 Å². The SMILES string of the molecule is CCS(=O)(=O)NC(=O)CCNCCCc1ccc(OCCCc2ccccc2)cc1. The lowest BCUT2D eigenvalue weighted by Gasteiger charge is -2.08. The fraction of sp³-hybridized carbons (Fsp3) is 0.435. The van der Waals surface area contributed by atoms with Crippen LogP contribution in [0.4, 0.5) is 0 Å². The summed E-state index contributed by atoms with van der Waals surface area (Å²) >= 11 is 0. The average Bonchev–Trinajstić information content (AvgIpc) is 2.75. The Bertz CT molecular complexity index is 853. The Morgan fingerprint density at radius 1 is 0.900 bits per heavy atom. The maximum absolute atomic E-state index is 11.5. The van der Waals surface area contributed by atoms with Crippen LogP contribution in [-0.4, -0.2) is 39.8 Å². The van der Waals surface area contributed by atoms with Gasteiger partial charge in [-0.25, -0.2) is 8.42 Å². The molecule has 0 radical (unpaired) electrons. The number of amides is 1. The molecule has 0 saturated heterocycles. The van der Waals surface area contributed by atoms with Crippen LogP contribution < -0.4 is 14.8 Å². The molecule has 0 aliphatic carbocycles. The molecule has 0 heterocycles.